The van der Waals surface area contributed by atoms with E-state index in [0.29, 0.717) is 11.5 Å². The van der Waals surface area contributed by atoms with Crippen molar-refractivity contribution >= 4 is 59.4 Å². The third-order valence-electron chi connectivity index (χ3n) is 2.47. The van der Waals surface area contributed by atoms with Gasteiger partial charge < -0.3 is 5.32 Å². The van der Waals surface area contributed by atoms with Crippen molar-refractivity contribution in [3.63, 3.8) is 0 Å². The average molecular weight is 467 g/mol. The molecule has 20 heavy (non-hydrogen) atoms. The number of nitrogens with one attached hydrogen (secondary N) is 2. The molecule has 8 heteroatoms. The largest absolute Gasteiger partial charge is 0.317 e. The monoisotopic (exact) mass is 464 g/mol. The number of aryl methyl sites for hydroxylation is 1. The maximum absolute atomic E-state index is 12.1. The van der Waals surface area contributed by atoms with Crippen LogP contribution in [0.3, 0.4) is 0 Å². The van der Waals surface area contributed by atoms with Crippen LogP contribution in [0.15, 0.2) is 25.6 Å². The lowest BCUT2D eigenvalue weighted by atomic mass is 10.3. The molecule has 2 N–H and O–H groups in total. The third kappa shape index (κ3) is 3.67. The van der Waals surface area contributed by atoms with E-state index in [1.807, 2.05) is 19.1 Å². The summed E-state index contributed by atoms with van der Waals surface area (Å²) in [4.78, 5) is 16.3. The molecular formula is C12H11Br3N4O. The molecule has 2 aromatic rings. The number of carbonyl (C=O) groups excluding carboxylic acids is 1. The molecule has 0 spiro atoms. The molecule has 5 nitrogen and oxygen atoms in total. The molecule has 1 aromatic carbocycles. The number of hydrogen-bond acceptors (Lipinski definition) is 3. The van der Waals surface area contributed by atoms with Crippen molar-refractivity contribution in [3.05, 3.63) is 37.2 Å². The van der Waals surface area contributed by atoms with Crippen LogP contribution in [0.4, 0.5) is 5.69 Å². The first-order valence-corrected chi connectivity index (χ1v) is 8.26. The Morgan fingerprint density at radius 1 is 1.30 bits per heavy atom. The van der Waals surface area contributed by atoms with Gasteiger partial charge in [0.1, 0.15) is 5.82 Å². The number of H-pyrrole nitrogens is 1. The number of amides is 1. The minimum atomic E-state index is -0.354. The molecule has 0 atom stereocenters. The van der Waals surface area contributed by atoms with Gasteiger partial charge in [-0.3, -0.25) is 9.89 Å². The highest BCUT2D eigenvalue weighted by atomic mass is 79.9. The molecule has 0 aliphatic rings. The summed E-state index contributed by atoms with van der Waals surface area (Å²) in [5, 5.41) is 9.46. The summed E-state index contributed by atoms with van der Waals surface area (Å²) < 4.78 is 2.42. The summed E-state index contributed by atoms with van der Waals surface area (Å²) in [6.45, 7) is 2.04. The van der Waals surface area contributed by atoms with Gasteiger partial charge in [-0.15, -0.1) is 5.10 Å². The van der Waals surface area contributed by atoms with Crippen LogP contribution in [0.25, 0.3) is 0 Å². The second-order valence-corrected chi connectivity index (χ2v) is 6.68. The van der Waals surface area contributed by atoms with E-state index in [1.165, 1.54) is 0 Å². The first-order chi connectivity index (χ1) is 9.51. The zero-order chi connectivity index (χ0) is 14.7. The SMILES string of the molecule is CCCc1nc(C(=O)Nc2c(Br)cc(Br)cc2Br)n[nH]1. The molecule has 1 heterocycles. The number of hydrogen-bond donors (Lipinski definition) is 2. The molecule has 0 saturated carbocycles. The fourth-order valence-corrected chi connectivity index (χ4v) is 4.03. The second-order valence-electron chi connectivity index (χ2n) is 4.05. The van der Waals surface area contributed by atoms with Crippen molar-refractivity contribution in [2.24, 2.45) is 0 Å². The Kier molecular flexibility index (Phi) is 5.34. The van der Waals surface area contributed by atoms with Crippen molar-refractivity contribution < 1.29 is 4.79 Å². The van der Waals surface area contributed by atoms with E-state index in [-0.39, 0.29) is 11.7 Å². The number of benzene rings is 1. The van der Waals surface area contributed by atoms with Crippen molar-refractivity contribution in [3.8, 4) is 0 Å². The summed E-state index contributed by atoms with van der Waals surface area (Å²) in [5.74, 6) is 0.495. The molecule has 0 fully saturated rings. The van der Waals surface area contributed by atoms with Gasteiger partial charge in [0.2, 0.25) is 5.82 Å². The van der Waals surface area contributed by atoms with Gasteiger partial charge in [0.05, 0.1) is 5.69 Å². The minimum Gasteiger partial charge on any atom is -0.317 e. The lowest BCUT2D eigenvalue weighted by Crippen LogP contribution is -2.14. The van der Waals surface area contributed by atoms with E-state index in [0.717, 1.165) is 26.3 Å². The van der Waals surface area contributed by atoms with E-state index in [4.69, 9.17) is 0 Å². The molecule has 1 amide bonds. The lowest BCUT2D eigenvalue weighted by Gasteiger charge is -2.08. The van der Waals surface area contributed by atoms with Gasteiger partial charge in [0, 0.05) is 19.8 Å². The molecule has 2 rings (SSSR count). The number of nitrogens with zero attached hydrogens (tertiary/aromatic N) is 2. The van der Waals surface area contributed by atoms with Gasteiger partial charge in [-0.25, -0.2) is 4.98 Å². The van der Waals surface area contributed by atoms with Gasteiger partial charge in [0.15, 0.2) is 0 Å². The highest BCUT2D eigenvalue weighted by Gasteiger charge is 2.16. The Hall–Kier alpha value is -0.730. The van der Waals surface area contributed by atoms with Crippen LogP contribution in [0, 0.1) is 0 Å². The predicted octanol–water partition coefficient (Wildman–Crippen LogP) is 4.30. The third-order valence-corrected chi connectivity index (χ3v) is 4.18. The summed E-state index contributed by atoms with van der Waals surface area (Å²) >= 11 is 10.2. The number of anilines is 1. The molecular weight excluding hydrogens is 456 g/mol. The van der Waals surface area contributed by atoms with Gasteiger partial charge in [0.25, 0.3) is 5.91 Å². The molecule has 106 valence electrons. The highest BCUT2D eigenvalue weighted by Crippen LogP contribution is 2.34. The van der Waals surface area contributed by atoms with E-state index < -0.39 is 0 Å². The quantitative estimate of drug-likeness (QED) is 0.705. The van der Waals surface area contributed by atoms with Gasteiger partial charge >= 0.3 is 0 Å². The Morgan fingerprint density at radius 3 is 2.55 bits per heavy atom. The molecule has 0 saturated heterocycles. The minimum absolute atomic E-state index is 0.134. The Labute approximate surface area is 141 Å². The van der Waals surface area contributed by atoms with E-state index >= 15 is 0 Å². The number of halogens is 3. The Morgan fingerprint density at radius 2 is 1.95 bits per heavy atom. The molecule has 1 aromatic heterocycles. The molecule has 0 aliphatic carbocycles. The number of carbonyl (C=O) groups is 1. The smallest absolute Gasteiger partial charge is 0.295 e. The van der Waals surface area contributed by atoms with Crippen LogP contribution in [0.2, 0.25) is 0 Å². The normalized spacial score (nSPS) is 10.6. The number of aromatic amines is 1. The maximum Gasteiger partial charge on any atom is 0.295 e. The lowest BCUT2D eigenvalue weighted by molar-refractivity contribution is 0.101. The predicted molar refractivity (Wildman–Crippen MR) is 87.9 cm³/mol. The second kappa shape index (κ2) is 6.82. The summed E-state index contributed by atoms with van der Waals surface area (Å²) in [6.07, 6.45) is 1.71. The van der Waals surface area contributed by atoms with Crippen LogP contribution < -0.4 is 5.32 Å². The zero-order valence-electron chi connectivity index (χ0n) is 10.5. The topological polar surface area (TPSA) is 70.7 Å². The zero-order valence-corrected chi connectivity index (χ0v) is 15.3. The van der Waals surface area contributed by atoms with Crippen molar-refractivity contribution in [2.75, 3.05) is 5.32 Å². The Bertz CT molecular complexity index is 618. The maximum atomic E-state index is 12.1. The average Bonchev–Trinajstić information content (AvgIpc) is 2.82. The highest BCUT2D eigenvalue weighted by molar-refractivity contribution is 9.11. The van der Waals surface area contributed by atoms with Gasteiger partial charge in [-0.05, 0) is 50.4 Å². The molecule has 0 radical (unpaired) electrons. The van der Waals surface area contributed by atoms with Crippen LogP contribution in [-0.2, 0) is 6.42 Å². The first kappa shape index (κ1) is 15.7. The van der Waals surface area contributed by atoms with E-state index in [1.54, 1.807) is 0 Å². The van der Waals surface area contributed by atoms with Crippen molar-refractivity contribution in [1.29, 1.82) is 0 Å². The molecule has 0 bridgehead atoms. The van der Waals surface area contributed by atoms with Crippen LogP contribution in [0.5, 0.6) is 0 Å². The van der Waals surface area contributed by atoms with Crippen LogP contribution in [-0.4, -0.2) is 21.1 Å². The first-order valence-electron chi connectivity index (χ1n) is 5.88. The summed E-state index contributed by atoms with van der Waals surface area (Å²) in [6, 6.07) is 3.70. The van der Waals surface area contributed by atoms with E-state index in [2.05, 4.69) is 68.3 Å². The van der Waals surface area contributed by atoms with Gasteiger partial charge in [-0.2, -0.15) is 0 Å². The number of rotatable bonds is 4. The summed E-state index contributed by atoms with van der Waals surface area (Å²) in [5.41, 5.74) is 0.639. The molecule has 0 aliphatic heterocycles. The van der Waals surface area contributed by atoms with Crippen LogP contribution in [0.1, 0.15) is 29.8 Å². The fraction of sp³-hybridized carbons (Fsp3) is 0.250. The number of aromatic nitrogens is 3. The van der Waals surface area contributed by atoms with Gasteiger partial charge in [-0.1, -0.05) is 22.9 Å². The van der Waals surface area contributed by atoms with Crippen molar-refractivity contribution in [2.45, 2.75) is 19.8 Å². The van der Waals surface area contributed by atoms with E-state index in [9.17, 15) is 4.79 Å². The molecule has 0 unspecified atom stereocenters. The fourth-order valence-electron chi connectivity index (χ4n) is 1.58. The standard InChI is InChI=1S/C12H11Br3N4O/c1-2-3-9-16-11(19-18-9)12(20)17-10-7(14)4-6(13)5-8(10)15/h4-5H,2-3H2,1H3,(H,17,20)(H,16,18,19). The summed E-state index contributed by atoms with van der Waals surface area (Å²) in [7, 11) is 0. The van der Waals surface area contributed by atoms with Crippen molar-refractivity contribution in [1.82, 2.24) is 15.2 Å². The Balaban J connectivity index is 2.19. The van der Waals surface area contributed by atoms with Crippen LogP contribution >= 0.6 is 47.8 Å².